The Hall–Kier alpha value is -3.60. The number of hydrogen-bond donors (Lipinski definition) is 0. The summed E-state index contributed by atoms with van der Waals surface area (Å²) < 4.78 is 5.37. The maximum atomic E-state index is 13.4. The third kappa shape index (κ3) is 3.72. The topological polar surface area (TPSA) is 53.8 Å². The van der Waals surface area contributed by atoms with Crippen LogP contribution in [-0.4, -0.2) is 28.2 Å². The van der Waals surface area contributed by atoms with Crippen molar-refractivity contribution < 1.29 is 14.0 Å². The second-order valence-corrected chi connectivity index (χ2v) is 6.87. The lowest BCUT2D eigenvalue weighted by Gasteiger charge is -2.24. The molecule has 146 valence electrons. The molecule has 2 aromatic carbocycles. The zero-order valence-corrected chi connectivity index (χ0v) is 16.2. The molecule has 0 saturated heterocycles. The first-order valence-corrected chi connectivity index (χ1v) is 9.66. The first-order chi connectivity index (χ1) is 14.2. The van der Waals surface area contributed by atoms with Crippen molar-refractivity contribution in [2.75, 3.05) is 6.54 Å². The fourth-order valence-electron chi connectivity index (χ4n) is 3.58. The highest BCUT2D eigenvalue weighted by atomic mass is 16.3. The van der Waals surface area contributed by atoms with E-state index >= 15 is 0 Å². The summed E-state index contributed by atoms with van der Waals surface area (Å²) in [5.41, 5.74) is 2.72. The van der Waals surface area contributed by atoms with Crippen LogP contribution in [0.4, 0.5) is 0 Å². The lowest BCUT2D eigenvalue weighted by atomic mass is 10.0. The molecule has 0 fully saturated rings. The van der Waals surface area contributed by atoms with E-state index in [4.69, 9.17) is 4.42 Å². The normalized spacial score (nSPS) is 14.0. The highest BCUT2D eigenvalue weighted by Gasteiger charge is 2.41. The maximum absolute atomic E-state index is 13.4. The molecule has 0 atom stereocenters. The minimum absolute atomic E-state index is 0.118. The van der Waals surface area contributed by atoms with Crippen molar-refractivity contribution >= 4 is 17.4 Å². The van der Waals surface area contributed by atoms with Crippen molar-refractivity contribution in [2.24, 2.45) is 0 Å². The Morgan fingerprint density at radius 3 is 2.17 bits per heavy atom. The number of likely N-dealkylation sites (N-methyl/N-ethyl adjacent to an activating group) is 1. The van der Waals surface area contributed by atoms with Crippen molar-refractivity contribution in [3.05, 3.63) is 102 Å². The molecule has 29 heavy (non-hydrogen) atoms. The van der Waals surface area contributed by atoms with Crippen LogP contribution < -0.4 is 0 Å². The Morgan fingerprint density at radius 1 is 0.862 bits per heavy atom. The molecular weight excluding hydrogens is 364 g/mol. The molecule has 0 N–H and O–H groups in total. The quantitative estimate of drug-likeness (QED) is 0.574. The molecule has 1 aliphatic rings. The number of carbonyl (C=O) groups is 2. The molecule has 5 nitrogen and oxygen atoms in total. The smallest absolute Gasteiger partial charge is 0.278 e. The van der Waals surface area contributed by atoms with E-state index in [0.717, 1.165) is 11.1 Å². The third-order valence-corrected chi connectivity index (χ3v) is 5.01. The molecule has 1 aromatic heterocycles. The number of furan rings is 1. The van der Waals surface area contributed by atoms with E-state index in [1.807, 2.05) is 72.5 Å². The van der Waals surface area contributed by atoms with Gasteiger partial charge in [-0.25, -0.2) is 0 Å². The number of nitrogens with zero attached hydrogens (tertiary/aromatic N) is 2. The lowest BCUT2D eigenvalue weighted by Crippen LogP contribution is -2.34. The van der Waals surface area contributed by atoms with Crippen molar-refractivity contribution in [3.8, 4) is 0 Å². The van der Waals surface area contributed by atoms with Crippen LogP contribution in [0.1, 0.15) is 23.8 Å². The van der Waals surface area contributed by atoms with E-state index in [0.29, 0.717) is 30.1 Å². The SMILES string of the molecule is CCN(Cc1ccccc1)C1=C(c2ccccc2)C(=O)N(Cc2ccco2)C1=O. The van der Waals surface area contributed by atoms with Gasteiger partial charge in [-0.2, -0.15) is 0 Å². The van der Waals surface area contributed by atoms with Crippen LogP contribution in [0.5, 0.6) is 0 Å². The highest BCUT2D eigenvalue weighted by Crippen LogP contribution is 2.33. The minimum Gasteiger partial charge on any atom is -0.467 e. The Bertz CT molecular complexity index is 1020. The van der Waals surface area contributed by atoms with Gasteiger partial charge in [0, 0.05) is 13.1 Å². The van der Waals surface area contributed by atoms with Crippen LogP contribution in [0.3, 0.4) is 0 Å². The Balaban J connectivity index is 1.75. The molecule has 5 heteroatoms. The van der Waals surface area contributed by atoms with Gasteiger partial charge in [0.25, 0.3) is 11.8 Å². The van der Waals surface area contributed by atoms with Crippen molar-refractivity contribution in [1.82, 2.24) is 9.80 Å². The van der Waals surface area contributed by atoms with Gasteiger partial charge in [-0.15, -0.1) is 0 Å². The van der Waals surface area contributed by atoms with Gasteiger partial charge < -0.3 is 9.32 Å². The Labute approximate surface area is 169 Å². The van der Waals surface area contributed by atoms with Crippen LogP contribution in [-0.2, 0) is 22.7 Å². The van der Waals surface area contributed by atoms with Gasteiger partial charge in [0.15, 0.2) is 0 Å². The molecule has 4 rings (SSSR count). The van der Waals surface area contributed by atoms with E-state index in [1.165, 1.54) is 4.90 Å². The predicted octanol–water partition coefficient (Wildman–Crippen LogP) is 4.08. The fourth-order valence-corrected chi connectivity index (χ4v) is 3.58. The molecule has 2 amide bonds. The van der Waals surface area contributed by atoms with Gasteiger partial charge in [-0.05, 0) is 30.2 Å². The van der Waals surface area contributed by atoms with Crippen LogP contribution in [0, 0.1) is 0 Å². The average molecular weight is 386 g/mol. The summed E-state index contributed by atoms with van der Waals surface area (Å²) in [6, 6.07) is 22.8. The summed E-state index contributed by atoms with van der Waals surface area (Å²) in [5.74, 6) is -0.00591. The number of rotatable bonds is 7. The summed E-state index contributed by atoms with van der Waals surface area (Å²) in [6.07, 6.45) is 1.54. The molecule has 3 aromatic rings. The largest absolute Gasteiger partial charge is 0.467 e. The molecule has 0 bridgehead atoms. The molecule has 1 aliphatic heterocycles. The third-order valence-electron chi connectivity index (χ3n) is 5.01. The van der Waals surface area contributed by atoms with Gasteiger partial charge in [0.2, 0.25) is 0 Å². The van der Waals surface area contributed by atoms with E-state index in [1.54, 1.807) is 18.4 Å². The van der Waals surface area contributed by atoms with E-state index in [9.17, 15) is 9.59 Å². The number of carbonyl (C=O) groups excluding carboxylic acids is 2. The van der Waals surface area contributed by atoms with Crippen LogP contribution in [0.15, 0.2) is 89.2 Å². The first-order valence-electron chi connectivity index (χ1n) is 9.66. The van der Waals surface area contributed by atoms with Crippen molar-refractivity contribution in [1.29, 1.82) is 0 Å². The zero-order valence-electron chi connectivity index (χ0n) is 16.2. The zero-order chi connectivity index (χ0) is 20.2. The Kier molecular flexibility index (Phi) is 5.29. The van der Waals surface area contributed by atoms with Crippen molar-refractivity contribution in [2.45, 2.75) is 20.0 Å². The summed E-state index contributed by atoms with van der Waals surface area (Å²) >= 11 is 0. The summed E-state index contributed by atoms with van der Waals surface area (Å²) in [5, 5.41) is 0. The van der Waals surface area contributed by atoms with Crippen molar-refractivity contribution in [3.63, 3.8) is 0 Å². The molecule has 2 heterocycles. The molecular formula is C24H22N2O3. The lowest BCUT2D eigenvalue weighted by molar-refractivity contribution is -0.138. The number of imide groups is 1. The number of amides is 2. The van der Waals surface area contributed by atoms with E-state index in [2.05, 4.69) is 0 Å². The summed E-state index contributed by atoms with van der Waals surface area (Å²) in [7, 11) is 0. The van der Waals surface area contributed by atoms with Gasteiger partial charge in [0.1, 0.15) is 11.5 Å². The molecule has 0 unspecified atom stereocenters. The second kappa shape index (κ2) is 8.19. The molecule has 0 spiro atoms. The molecule has 0 radical (unpaired) electrons. The average Bonchev–Trinajstić information content (AvgIpc) is 3.36. The first kappa shape index (κ1) is 18.7. The van der Waals surface area contributed by atoms with Crippen LogP contribution >= 0.6 is 0 Å². The minimum atomic E-state index is -0.292. The van der Waals surface area contributed by atoms with Gasteiger partial charge in [0.05, 0.1) is 18.4 Å². The maximum Gasteiger partial charge on any atom is 0.278 e. The summed E-state index contributed by atoms with van der Waals surface area (Å²) in [6.45, 7) is 3.27. The van der Waals surface area contributed by atoms with E-state index in [-0.39, 0.29) is 18.4 Å². The monoisotopic (exact) mass is 386 g/mol. The Morgan fingerprint density at radius 2 is 1.55 bits per heavy atom. The van der Waals surface area contributed by atoms with Crippen LogP contribution in [0.25, 0.3) is 5.57 Å². The molecule has 0 aliphatic carbocycles. The molecule has 0 saturated carbocycles. The van der Waals surface area contributed by atoms with E-state index < -0.39 is 0 Å². The van der Waals surface area contributed by atoms with Gasteiger partial charge in [-0.3, -0.25) is 14.5 Å². The predicted molar refractivity (Wildman–Crippen MR) is 110 cm³/mol. The number of benzene rings is 2. The number of hydrogen-bond acceptors (Lipinski definition) is 4. The fraction of sp³-hybridized carbons (Fsp3) is 0.167. The standard InChI is InChI=1S/C24H22N2O3/c1-2-25(16-18-10-5-3-6-11-18)22-21(19-12-7-4-8-13-19)23(27)26(24(22)28)17-20-14-9-15-29-20/h3-15H,2,16-17H2,1H3. The summed E-state index contributed by atoms with van der Waals surface area (Å²) in [4.78, 5) is 29.9. The van der Waals surface area contributed by atoms with Gasteiger partial charge in [-0.1, -0.05) is 60.7 Å². The second-order valence-electron chi connectivity index (χ2n) is 6.87. The highest BCUT2D eigenvalue weighted by molar-refractivity contribution is 6.35. The van der Waals surface area contributed by atoms with Crippen LogP contribution in [0.2, 0.25) is 0 Å². The van der Waals surface area contributed by atoms with Gasteiger partial charge >= 0.3 is 0 Å².